The van der Waals surface area contributed by atoms with Crippen molar-refractivity contribution in [1.29, 1.82) is 0 Å². The fourth-order valence-electron chi connectivity index (χ4n) is 4.19. The monoisotopic (exact) mass is 387 g/mol. The van der Waals surface area contributed by atoms with Crippen molar-refractivity contribution in [3.8, 4) is 0 Å². The molecule has 0 radical (unpaired) electrons. The summed E-state index contributed by atoms with van der Waals surface area (Å²) in [7, 11) is 0. The van der Waals surface area contributed by atoms with Crippen LogP contribution in [0.5, 0.6) is 0 Å². The highest BCUT2D eigenvalue weighted by Crippen LogP contribution is 2.30. The zero-order valence-electron chi connectivity index (χ0n) is 15.5. The van der Waals surface area contributed by atoms with Crippen molar-refractivity contribution in [1.82, 2.24) is 25.4 Å². The third-order valence-corrected chi connectivity index (χ3v) is 6.14. The minimum absolute atomic E-state index is 0.0781. The molecule has 0 atom stereocenters. The van der Waals surface area contributed by atoms with Gasteiger partial charge in [-0.3, -0.25) is 4.79 Å². The van der Waals surface area contributed by atoms with Crippen LogP contribution >= 0.6 is 11.6 Å². The summed E-state index contributed by atoms with van der Waals surface area (Å²) < 4.78 is 2.16. The molecule has 0 unspecified atom stereocenters. The number of nitrogens with zero attached hydrogens (tertiary/aromatic N) is 3. The molecule has 1 saturated carbocycles. The molecule has 7 heteroatoms. The average Bonchev–Trinajstić information content (AvgIpc) is 3.13. The van der Waals surface area contributed by atoms with Crippen LogP contribution in [-0.2, 0) is 17.8 Å². The summed E-state index contributed by atoms with van der Waals surface area (Å²) in [6.45, 7) is 1.81. The number of carbonyl (C=O) groups excluding carboxylic acids is 1. The number of hydrogen-bond donors (Lipinski definition) is 2. The standard InChI is InChI=1S/C20H26ClN5O/c21-16-8-6-15(7-9-16)10-20(12-22-13-20)19(27)23-11-18-25-24-14-26(18)17-4-2-1-3-5-17/h6-9,14,17,22H,1-5,10-13H2,(H,23,27). The van der Waals surface area contributed by atoms with Gasteiger partial charge in [0.2, 0.25) is 5.91 Å². The summed E-state index contributed by atoms with van der Waals surface area (Å²) in [5.74, 6) is 0.929. The normalized spacial score (nSPS) is 19.4. The molecule has 1 saturated heterocycles. The van der Waals surface area contributed by atoms with Crippen molar-refractivity contribution in [2.24, 2.45) is 5.41 Å². The van der Waals surface area contributed by atoms with Gasteiger partial charge in [0.1, 0.15) is 6.33 Å². The molecule has 1 aliphatic heterocycles. The number of carbonyl (C=O) groups is 1. The first-order chi connectivity index (χ1) is 13.2. The van der Waals surface area contributed by atoms with E-state index in [9.17, 15) is 4.79 Å². The van der Waals surface area contributed by atoms with Gasteiger partial charge in [-0.05, 0) is 37.0 Å². The minimum Gasteiger partial charge on any atom is -0.348 e. The Bertz CT molecular complexity index is 778. The zero-order chi connectivity index (χ0) is 18.7. The number of amides is 1. The van der Waals surface area contributed by atoms with Crippen LogP contribution in [0, 0.1) is 5.41 Å². The van der Waals surface area contributed by atoms with Crippen LogP contribution in [0.4, 0.5) is 0 Å². The fraction of sp³-hybridized carbons (Fsp3) is 0.550. The molecule has 144 valence electrons. The molecule has 2 aliphatic rings. The lowest BCUT2D eigenvalue weighted by atomic mass is 9.75. The van der Waals surface area contributed by atoms with Crippen LogP contribution in [0.2, 0.25) is 5.02 Å². The van der Waals surface area contributed by atoms with E-state index >= 15 is 0 Å². The van der Waals surface area contributed by atoms with E-state index in [-0.39, 0.29) is 5.91 Å². The van der Waals surface area contributed by atoms with Crippen molar-refractivity contribution < 1.29 is 4.79 Å². The lowest BCUT2D eigenvalue weighted by molar-refractivity contribution is -0.134. The molecular formula is C20H26ClN5O. The highest BCUT2D eigenvalue weighted by Gasteiger charge is 2.44. The van der Waals surface area contributed by atoms with Gasteiger partial charge in [-0.15, -0.1) is 10.2 Å². The molecule has 4 rings (SSSR count). The maximum Gasteiger partial charge on any atom is 0.229 e. The molecule has 1 aliphatic carbocycles. The molecule has 1 aromatic carbocycles. The maximum absolute atomic E-state index is 13.0. The minimum atomic E-state index is -0.399. The molecule has 1 amide bonds. The lowest BCUT2D eigenvalue weighted by Gasteiger charge is -2.41. The smallest absolute Gasteiger partial charge is 0.229 e. The van der Waals surface area contributed by atoms with Gasteiger partial charge >= 0.3 is 0 Å². The molecule has 1 aromatic heterocycles. The predicted octanol–water partition coefficient (Wildman–Crippen LogP) is 2.89. The van der Waals surface area contributed by atoms with E-state index in [4.69, 9.17) is 11.6 Å². The third kappa shape index (κ3) is 4.01. The Hall–Kier alpha value is -1.92. The van der Waals surface area contributed by atoms with Gasteiger partial charge in [0.05, 0.1) is 12.0 Å². The van der Waals surface area contributed by atoms with E-state index in [0.29, 0.717) is 37.1 Å². The zero-order valence-corrected chi connectivity index (χ0v) is 16.2. The summed E-state index contributed by atoms with van der Waals surface area (Å²) in [4.78, 5) is 13.0. The molecule has 0 bridgehead atoms. The van der Waals surface area contributed by atoms with E-state index < -0.39 is 5.41 Å². The number of halogens is 1. The first-order valence-corrected chi connectivity index (χ1v) is 10.2. The second-order valence-electron chi connectivity index (χ2n) is 7.82. The number of nitrogens with one attached hydrogen (secondary N) is 2. The average molecular weight is 388 g/mol. The van der Waals surface area contributed by atoms with E-state index in [1.807, 2.05) is 30.6 Å². The van der Waals surface area contributed by atoms with Crippen LogP contribution in [-0.4, -0.2) is 33.8 Å². The van der Waals surface area contributed by atoms with Crippen LogP contribution < -0.4 is 10.6 Å². The van der Waals surface area contributed by atoms with Gasteiger partial charge < -0.3 is 15.2 Å². The molecule has 2 N–H and O–H groups in total. The molecule has 2 heterocycles. The quantitative estimate of drug-likeness (QED) is 0.799. The molecule has 2 aromatic rings. The number of hydrogen-bond acceptors (Lipinski definition) is 4. The van der Waals surface area contributed by atoms with Crippen molar-refractivity contribution in [2.75, 3.05) is 13.1 Å². The van der Waals surface area contributed by atoms with Crippen molar-refractivity contribution in [3.05, 3.63) is 47.0 Å². The van der Waals surface area contributed by atoms with Crippen LogP contribution in [0.25, 0.3) is 0 Å². The Kier molecular flexibility index (Phi) is 5.45. The number of aromatic nitrogens is 3. The second kappa shape index (κ2) is 7.98. The van der Waals surface area contributed by atoms with E-state index in [2.05, 4.69) is 25.4 Å². The molecule has 27 heavy (non-hydrogen) atoms. The Morgan fingerprint density at radius 1 is 1.22 bits per heavy atom. The van der Waals surface area contributed by atoms with Gasteiger partial charge in [-0.1, -0.05) is 43.0 Å². The summed E-state index contributed by atoms with van der Waals surface area (Å²) >= 11 is 5.97. The second-order valence-corrected chi connectivity index (χ2v) is 8.25. The van der Waals surface area contributed by atoms with Crippen LogP contribution in [0.3, 0.4) is 0 Å². The Morgan fingerprint density at radius 2 is 1.96 bits per heavy atom. The molecule has 0 spiro atoms. The third-order valence-electron chi connectivity index (χ3n) is 5.89. The van der Waals surface area contributed by atoms with Gasteiger partial charge in [-0.25, -0.2) is 0 Å². The van der Waals surface area contributed by atoms with Gasteiger partial charge in [-0.2, -0.15) is 0 Å². The van der Waals surface area contributed by atoms with E-state index in [1.54, 1.807) is 0 Å². The number of benzene rings is 1. The SMILES string of the molecule is O=C(NCc1nncn1C1CCCCC1)C1(Cc2ccc(Cl)cc2)CNC1. The highest BCUT2D eigenvalue weighted by atomic mass is 35.5. The van der Waals surface area contributed by atoms with Crippen LogP contribution in [0.15, 0.2) is 30.6 Å². The van der Waals surface area contributed by atoms with E-state index in [1.165, 1.54) is 32.1 Å². The maximum atomic E-state index is 13.0. The molecule has 6 nitrogen and oxygen atoms in total. The van der Waals surface area contributed by atoms with Gasteiger partial charge in [0.25, 0.3) is 0 Å². The first-order valence-electron chi connectivity index (χ1n) is 9.78. The largest absolute Gasteiger partial charge is 0.348 e. The first kappa shape index (κ1) is 18.4. The molecule has 2 fully saturated rings. The Morgan fingerprint density at radius 3 is 2.63 bits per heavy atom. The Balaban J connectivity index is 1.40. The highest BCUT2D eigenvalue weighted by molar-refractivity contribution is 6.30. The van der Waals surface area contributed by atoms with E-state index in [0.717, 1.165) is 11.4 Å². The van der Waals surface area contributed by atoms with Gasteiger partial charge in [0.15, 0.2) is 5.82 Å². The lowest BCUT2D eigenvalue weighted by Crippen LogP contribution is -2.62. The summed E-state index contributed by atoms with van der Waals surface area (Å²) in [5.41, 5.74) is 0.727. The van der Waals surface area contributed by atoms with Crippen molar-refractivity contribution >= 4 is 17.5 Å². The molecular weight excluding hydrogens is 362 g/mol. The number of rotatable bonds is 6. The summed E-state index contributed by atoms with van der Waals surface area (Å²) in [5, 5.41) is 15.4. The topological polar surface area (TPSA) is 71.8 Å². The van der Waals surface area contributed by atoms with Gasteiger partial charge in [0, 0.05) is 24.2 Å². The van der Waals surface area contributed by atoms with Crippen molar-refractivity contribution in [3.63, 3.8) is 0 Å². The predicted molar refractivity (Wildman–Crippen MR) is 104 cm³/mol. The van der Waals surface area contributed by atoms with Crippen molar-refractivity contribution in [2.45, 2.75) is 51.1 Å². The summed E-state index contributed by atoms with van der Waals surface area (Å²) in [6, 6.07) is 8.21. The fourth-order valence-corrected chi connectivity index (χ4v) is 4.32. The van der Waals surface area contributed by atoms with Crippen LogP contribution in [0.1, 0.15) is 49.5 Å². The Labute approximate surface area is 164 Å². The summed E-state index contributed by atoms with van der Waals surface area (Å²) in [6.07, 6.45) is 8.68.